The molecule has 0 amide bonds. The molecule has 1 unspecified atom stereocenters. The lowest BCUT2D eigenvalue weighted by Crippen LogP contribution is -2.56. The van der Waals surface area contributed by atoms with Crippen LogP contribution in [0.25, 0.3) is 11.4 Å². The van der Waals surface area contributed by atoms with Crippen LogP contribution < -0.4 is 21.1 Å². The van der Waals surface area contributed by atoms with Gasteiger partial charge in [-0.2, -0.15) is 18.2 Å². The number of nitrogens with zero attached hydrogens (tertiary/aromatic N) is 3. The molecule has 1 aromatic heterocycles. The molecule has 8 nitrogen and oxygen atoms in total. The summed E-state index contributed by atoms with van der Waals surface area (Å²) in [6.45, 7) is 1.24. The predicted octanol–water partition coefficient (Wildman–Crippen LogP) is 1.44. The Labute approximate surface area is 165 Å². The summed E-state index contributed by atoms with van der Waals surface area (Å²) in [5.41, 5.74) is -0.545. The molecular formula is C18H14F4N4O4. The second-order valence-electron chi connectivity index (χ2n) is 6.62. The molecule has 0 bridgehead atoms. The van der Waals surface area contributed by atoms with Crippen LogP contribution in [-0.4, -0.2) is 36.1 Å². The number of alkyl halides is 3. The van der Waals surface area contributed by atoms with Gasteiger partial charge in [0.05, 0.1) is 24.5 Å². The summed E-state index contributed by atoms with van der Waals surface area (Å²) in [5, 5.41) is 6.28. The quantitative estimate of drug-likeness (QED) is 0.484. The Bertz CT molecular complexity index is 1140. The zero-order valence-corrected chi connectivity index (χ0v) is 15.2. The van der Waals surface area contributed by atoms with Crippen LogP contribution in [0.1, 0.15) is 11.5 Å². The third-order valence-corrected chi connectivity index (χ3v) is 4.65. The first kappa shape index (κ1) is 20.2. The number of rotatable bonds is 5. The summed E-state index contributed by atoms with van der Waals surface area (Å²) in [5.74, 6) is -2.88. The number of benzene rings is 1. The van der Waals surface area contributed by atoms with Crippen molar-refractivity contribution in [3.63, 3.8) is 0 Å². The number of nitrogens with one attached hydrogen (secondary N) is 1. The minimum Gasteiger partial charge on any atom is -0.376 e. The van der Waals surface area contributed by atoms with Gasteiger partial charge in [-0.15, -0.1) is 0 Å². The molecule has 1 aliphatic heterocycles. The monoisotopic (exact) mass is 426 g/mol. The van der Waals surface area contributed by atoms with Crippen LogP contribution >= 0.6 is 0 Å². The van der Waals surface area contributed by atoms with Crippen molar-refractivity contribution >= 4 is 5.69 Å². The maximum absolute atomic E-state index is 14.4. The molecule has 1 saturated heterocycles. The number of aromatic nitrogens is 2. The fourth-order valence-electron chi connectivity index (χ4n) is 3.11. The summed E-state index contributed by atoms with van der Waals surface area (Å²) >= 11 is 0. The van der Waals surface area contributed by atoms with E-state index in [4.69, 9.17) is 4.74 Å². The molecule has 3 aromatic rings. The first-order valence-corrected chi connectivity index (χ1v) is 8.82. The van der Waals surface area contributed by atoms with Crippen LogP contribution in [0.5, 0.6) is 0 Å². The summed E-state index contributed by atoms with van der Waals surface area (Å²) in [4.78, 5) is 27.8. The number of morpholine rings is 1. The molecule has 0 aliphatic carbocycles. The van der Waals surface area contributed by atoms with Gasteiger partial charge in [-0.1, -0.05) is 11.2 Å². The Kier molecular flexibility index (Phi) is 5.12. The molecule has 0 spiro atoms. The Morgan fingerprint density at radius 1 is 1.23 bits per heavy atom. The number of hydrogen-bond acceptors (Lipinski definition) is 8. The van der Waals surface area contributed by atoms with Crippen LogP contribution in [0.3, 0.4) is 0 Å². The van der Waals surface area contributed by atoms with Crippen molar-refractivity contribution in [3.05, 3.63) is 62.0 Å². The zero-order chi connectivity index (χ0) is 21.5. The highest BCUT2D eigenvalue weighted by Crippen LogP contribution is 2.30. The molecule has 1 aliphatic rings. The Morgan fingerprint density at radius 3 is 2.67 bits per heavy atom. The first-order valence-electron chi connectivity index (χ1n) is 8.82. The number of hydrogen-bond donors (Lipinski definition) is 1. The molecule has 1 fully saturated rings. The smallest absolute Gasteiger partial charge is 0.376 e. The topological polar surface area (TPSA) is 97.6 Å². The molecule has 2 aromatic carbocycles. The van der Waals surface area contributed by atoms with Gasteiger partial charge in [0, 0.05) is 19.2 Å². The van der Waals surface area contributed by atoms with Crippen molar-refractivity contribution in [2.24, 2.45) is 0 Å². The van der Waals surface area contributed by atoms with Gasteiger partial charge in [-0.25, -0.2) is 4.39 Å². The lowest BCUT2D eigenvalue weighted by Gasteiger charge is -2.37. The number of ether oxygens (including phenoxy) is 1. The standard InChI is InChI=1S/C18H14F4N4O4/c19-11-5-9(1-2-10(11)16-24-17(30-25-16)18(20,21)22)7-23-14-8-29-4-3-26(14)12-6-13(27)15(12)28/h1-2,5-6,14,23H,3-4,7-8H2. The van der Waals surface area contributed by atoms with E-state index in [1.54, 1.807) is 4.90 Å². The third-order valence-electron chi connectivity index (χ3n) is 4.65. The first-order chi connectivity index (χ1) is 14.2. The van der Waals surface area contributed by atoms with E-state index in [1.165, 1.54) is 18.2 Å². The van der Waals surface area contributed by atoms with Crippen molar-refractivity contribution < 1.29 is 26.8 Å². The molecule has 1 atom stereocenters. The molecule has 0 saturated carbocycles. The highest BCUT2D eigenvalue weighted by Gasteiger charge is 2.38. The van der Waals surface area contributed by atoms with Crippen LogP contribution in [0, 0.1) is 5.82 Å². The summed E-state index contributed by atoms with van der Waals surface area (Å²) in [7, 11) is 0. The average Bonchev–Trinajstić information content (AvgIpc) is 3.21. The number of anilines is 1. The average molecular weight is 426 g/mol. The molecule has 1 N–H and O–H groups in total. The lowest BCUT2D eigenvalue weighted by atomic mass is 10.1. The highest BCUT2D eigenvalue weighted by atomic mass is 19.4. The van der Waals surface area contributed by atoms with Gasteiger partial charge in [0.15, 0.2) is 0 Å². The Morgan fingerprint density at radius 2 is 2.03 bits per heavy atom. The van der Waals surface area contributed by atoms with Crippen molar-refractivity contribution in [1.82, 2.24) is 15.5 Å². The van der Waals surface area contributed by atoms with Crippen LogP contribution in [-0.2, 0) is 17.5 Å². The zero-order valence-electron chi connectivity index (χ0n) is 15.2. The minimum absolute atomic E-state index is 0.178. The summed E-state index contributed by atoms with van der Waals surface area (Å²) in [6, 6.07) is 5.15. The number of halogens is 4. The van der Waals surface area contributed by atoms with Crippen molar-refractivity contribution in [2.45, 2.75) is 18.9 Å². The minimum atomic E-state index is -4.82. The van der Waals surface area contributed by atoms with E-state index in [-0.39, 0.29) is 18.7 Å². The van der Waals surface area contributed by atoms with E-state index in [0.717, 1.165) is 6.07 Å². The molecule has 4 rings (SSSR count). The summed E-state index contributed by atoms with van der Waals surface area (Å²) < 4.78 is 61.6. The molecular weight excluding hydrogens is 412 g/mol. The predicted molar refractivity (Wildman–Crippen MR) is 94.8 cm³/mol. The van der Waals surface area contributed by atoms with Gasteiger partial charge >= 0.3 is 12.1 Å². The fourth-order valence-corrected chi connectivity index (χ4v) is 3.11. The molecule has 12 heteroatoms. The third kappa shape index (κ3) is 3.83. The van der Waals surface area contributed by atoms with Gasteiger partial charge in [0.25, 0.3) is 0 Å². The molecule has 158 valence electrons. The van der Waals surface area contributed by atoms with Gasteiger partial charge in [-0.05, 0) is 17.7 Å². The Hall–Kier alpha value is -3.12. The second-order valence-corrected chi connectivity index (χ2v) is 6.62. The van der Waals surface area contributed by atoms with E-state index in [9.17, 15) is 27.2 Å². The van der Waals surface area contributed by atoms with Gasteiger partial charge in [0.2, 0.25) is 16.7 Å². The highest BCUT2D eigenvalue weighted by molar-refractivity contribution is 5.56. The van der Waals surface area contributed by atoms with E-state index in [2.05, 4.69) is 20.0 Å². The molecule has 2 heterocycles. The fraction of sp³-hybridized carbons (Fsp3) is 0.333. The van der Waals surface area contributed by atoms with Crippen molar-refractivity contribution in [3.8, 4) is 11.4 Å². The van der Waals surface area contributed by atoms with Crippen LogP contribution in [0.15, 0.2) is 38.4 Å². The molecule has 0 radical (unpaired) electrons. The van der Waals surface area contributed by atoms with Crippen molar-refractivity contribution in [2.75, 3.05) is 24.7 Å². The van der Waals surface area contributed by atoms with Gasteiger partial charge in [-0.3, -0.25) is 14.9 Å². The van der Waals surface area contributed by atoms with Crippen LogP contribution in [0.2, 0.25) is 0 Å². The van der Waals surface area contributed by atoms with Gasteiger partial charge < -0.3 is 14.2 Å². The van der Waals surface area contributed by atoms with E-state index >= 15 is 0 Å². The van der Waals surface area contributed by atoms with E-state index in [1.807, 2.05) is 0 Å². The van der Waals surface area contributed by atoms with Crippen LogP contribution in [0.4, 0.5) is 23.2 Å². The SMILES string of the molecule is O=c1cc(N2CCOCC2NCc2ccc(-c3noc(C(F)(F)F)n3)c(F)c2)c1=O. The second kappa shape index (κ2) is 7.61. The van der Waals surface area contributed by atoms with E-state index in [0.29, 0.717) is 24.4 Å². The largest absolute Gasteiger partial charge is 0.471 e. The summed E-state index contributed by atoms with van der Waals surface area (Å²) in [6.07, 6.45) is -5.22. The molecule has 30 heavy (non-hydrogen) atoms. The normalized spacial score (nSPS) is 17.6. The maximum atomic E-state index is 14.4. The maximum Gasteiger partial charge on any atom is 0.471 e. The van der Waals surface area contributed by atoms with E-state index < -0.39 is 40.7 Å². The van der Waals surface area contributed by atoms with Gasteiger partial charge in [0.1, 0.15) is 12.0 Å². The van der Waals surface area contributed by atoms with Crippen molar-refractivity contribution in [1.29, 1.82) is 0 Å². The Balaban J connectivity index is 1.46. The lowest BCUT2D eigenvalue weighted by molar-refractivity contribution is -0.159.